The van der Waals surface area contributed by atoms with Gasteiger partial charge >= 0.3 is 5.69 Å². The molecule has 0 saturated carbocycles. The van der Waals surface area contributed by atoms with Crippen molar-refractivity contribution >= 4 is 31.4 Å². The van der Waals surface area contributed by atoms with E-state index in [9.17, 15) is 18.3 Å². The lowest BCUT2D eigenvalue weighted by Crippen LogP contribution is -2.13. The van der Waals surface area contributed by atoms with Crippen molar-refractivity contribution in [1.29, 1.82) is 0 Å². The molecule has 3 aromatic heterocycles. The lowest BCUT2D eigenvalue weighted by atomic mass is 10.1. The molecular formula is C21H17N5O5S2. The summed E-state index contributed by atoms with van der Waals surface area (Å²) in [6.07, 6.45) is 1.01. The molecule has 33 heavy (non-hydrogen) atoms. The van der Waals surface area contributed by atoms with E-state index in [1.165, 1.54) is 11.3 Å². The van der Waals surface area contributed by atoms with Crippen LogP contribution in [0.2, 0.25) is 0 Å². The first kappa shape index (κ1) is 21.1. The van der Waals surface area contributed by atoms with E-state index < -0.39 is 20.8 Å². The van der Waals surface area contributed by atoms with Crippen LogP contribution in [0.15, 0.2) is 57.7 Å². The largest absolute Gasteiger partial charge is 0.493 e. The lowest BCUT2D eigenvalue weighted by Gasteiger charge is -2.07. The van der Waals surface area contributed by atoms with Gasteiger partial charge in [-0.1, -0.05) is 36.4 Å². The molecule has 0 saturated heterocycles. The van der Waals surface area contributed by atoms with Crippen molar-refractivity contribution in [3.8, 4) is 17.0 Å². The zero-order chi connectivity index (χ0) is 23.2. The van der Waals surface area contributed by atoms with Crippen LogP contribution < -0.4 is 5.69 Å². The van der Waals surface area contributed by atoms with Crippen molar-refractivity contribution in [3.63, 3.8) is 0 Å². The summed E-state index contributed by atoms with van der Waals surface area (Å²) in [6.45, 7) is 0. The maximum Gasteiger partial charge on any atom is 0.325 e. The van der Waals surface area contributed by atoms with Gasteiger partial charge in [0.15, 0.2) is 15.1 Å². The summed E-state index contributed by atoms with van der Waals surface area (Å²) in [7, 11) is -3.71. The predicted octanol–water partition coefficient (Wildman–Crippen LogP) is 2.79. The number of nitrogens with zero attached hydrogens (tertiary/aromatic N) is 3. The maximum absolute atomic E-state index is 12.7. The first-order valence-electron chi connectivity index (χ1n) is 9.75. The first-order valence-corrected chi connectivity index (χ1v) is 12.5. The number of nitrogens with one attached hydrogen (secondary N) is 2. The topological polar surface area (TPSA) is 155 Å². The molecule has 10 nitrogen and oxygen atoms in total. The Balaban J connectivity index is 1.52. The van der Waals surface area contributed by atoms with Crippen molar-refractivity contribution in [3.05, 3.63) is 81.5 Å². The first-order chi connectivity index (χ1) is 15.8. The number of hydrogen-bond donors (Lipinski definition) is 3. The van der Waals surface area contributed by atoms with Gasteiger partial charge in [0.2, 0.25) is 17.7 Å². The zero-order valence-electron chi connectivity index (χ0n) is 17.1. The Morgan fingerprint density at radius 1 is 1.09 bits per heavy atom. The normalized spacial score (nSPS) is 12.9. The highest BCUT2D eigenvalue weighted by Gasteiger charge is 2.34. The maximum atomic E-state index is 12.7. The van der Waals surface area contributed by atoms with Gasteiger partial charge in [-0.15, -0.1) is 21.5 Å². The number of aromatic amines is 2. The Morgan fingerprint density at radius 3 is 2.58 bits per heavy atom. The molecule has 3 N–H and O–H groups in total. The van der Waals surface area contributed by atoms with Crippen molar-refractivity contribution in [2.24, 2.45) is 0 Å². The van der Waals surface area contributed by atoms with Crippen LogP contribution in [0.4, 0.5) is 0 Å². The molecule has 1 atom stereocenters. The minimum Gasteiger partial charge on any atom is -0.493 e. The molecule has 0 fully saturated rings. The third kappa shape index (κ3) is 4.17. The molecule has 12 heteroatoms. The summed E-state index contributed by atoms with van der Waals surface area (Å²) in [6, 6.07) is 15.6. The number of benzene rings is 2. The molecule has 168 valence electrons. The molecule has 0 spiro atoms. The summed E-state index contributed by atoms with van der Waals surface area (Å²) in [5.74, 6) is -0.441. The van der Waals surface area contributed by atoms with Crippen LogP contribution in [0.25, 0.3) is 21.3 Å². The molecule has 0 bridgehead atoms. The van der Waals surface area contributed by atoms with Crippen molar-refractivity contribution in [1.82, 2.24) is 25.1 Å². The second-order valence-electron chi connectivity index (χ2n) is 7.43. The van der Waals surface area contributed by atoms with Gasteiger partial charge in [0, 0.05) is 6.26 Å². The van der Waals surface area contributed by atoms with Crippen LogP contribution in [0, 0.1) is 0 Å². The molecule has 2 aromatic carbocycles. The van der Waals surface area contributed by atoms with E-state index in [1.807, 2.05) is 48.5 Å². The van der Waals surface area contributed by atoms with Gasteiger partial charge in [-0.2, -0.15) is 0 Å². The number of aromatic nitrogens is 5. The Bertz CT molecular complexity index is 1620. The van der Waals surface area contributed by atoms with Crippen molar-refractivity contribution < 1.29 is 17.9 Å². The standard InChI is InChI=1S/C21H17N5O5S2/c1-33(29,30)17(19-26-25-16(31-19)10-14-18(27)24-21(28)23-14)20-22-13-8-7-12(9-15(13)32-20)11-5-3-2-4-6-11/h2-9,17,27H,10H2,1H3,(H2,23,24,28). The second kappa shape index (κ2) is 7.98. The van der Waals surface area contributed by atoms with Crippen molar-refractivity contribution in [2.45, 2.75) is 11.7 Å². The molecule has 0 aliphatic carbocycles. The number of sulfone groups is 1. The van der Waals surface area contributed by atoms with E-state index in [2.05, 4.69) is 25.1 Å². The monoisotopic (exact) mass is 483 g/mol. The number of H-pyrrole nitrogens is 2. The number of aromatic hydroxyl groups is 1. The highest BCUT2D eigenvalue weighted by atomic mass is 32.2. The Hall–Kier alpha value is -3.77. The minimum atomic E-state index is -3.71. The predicted molar refractivity (Wildman–Crippen MR) is 122 cm³/mol. The highest BCUT2D eigenvalue weighted by Crippen LogP contribution is 2.36. The molecule has 0 radical (unpaired) electrons. The van der Waals surface area contributed by atoms with Crippen LogP contribution >= 0.6 is 11.3 Å². The van der Waals surface area contributed by atoms with E-state index in [-0.39, 0.29) is 29.8 Å². The molecule has 0 aliphatic rings. The van der Waals surface area contributed by atoms with E-state index in [4.69, 9.17) is 4.42 Å². The van der Waals surface area contributed by atoms with Crippen LogP contribution in [-0.2, 0) is 16.3 Å². The van der Waals surface area contributed by atoms with Gasteiger partial charge in [0.1, 0.15) is 5.01 Å². The fourth-order valence-electron chi connectivity index (χ4n) is 3.47. The number of fused-ring (bicyclic) bond motifs is 1. The fraction of sp³-hybridized carbons (Fsp3) is 0.143. The van der Waals surface area contributed by atoms with E-state index in [1.54, 1.807) is 0 Å². The van der Waals surface area contributed by atoms with Crippen LogP contribution in [0.3, 0.4) is 0 Å². The van der Waals surface area contributed by atoms with Crippen LogP contribution in [0.1, 0.15) is 27.7 Å². The van der Waals surface area contributed by atoms with Crippen LogP contribution in [-0.4, -0.2) is 44.9 Å². The number of imidazole rings is 1. The fourth-order valence-corrected chi connectivity index (χ4v) is 6.00. The van der Waals surface area contributed by atoms with Gasteiger partial charge in [-0.05, 0) is 23.3 Å². The average Bonchev–Trinajstić information content (AvgIpc) is 3.46. The number of thiazole rings is 1. The summed E-state index contributed by atoms with van der Waals surface area (Å²) in [4.78, 5) is 20.4. The van der Waals surface area contributed by atoms with Gasteiger partial charge in [-0.25, -0.2) is 18.2 Å². The number of hydrogen-bond acceptors (Lipinski definition) is 9. The third-order valence-corrected chi connectivity index (χ3v) is 7.49. The minimum absolute atomic E-state index is 0.0386. The molecule has 5 aromatic rings. The van der Waals surface area contributed by atoms with E-state index >= 15 is 0 Å². The van der Waals surface area contributed by atoms with E-state index in [0.29, 0.717) is 10.5 Å². The van der Waals surface area contributed by atoms with Crippen molar-refractivity contribution in [2.75, 3.05) is 6.26 Å². The van der Waals surface area contributed by atoms with Gasteiger partial charge in [-0.3, -0.25) is 4.98 Å². The molecule has 3 heterocycles. The smallest absolute Gasteiger partial charge is 0.325 e. The van der Waals surface area contributed by atoms with E-state index in [0.717, 1.165) is 22.1 Å². The summed E-state index contributed by atoms with van der Waals surface area (Å²) in [5.41, 5.74) is 2.27. The van der Waals surface area contributed by atoms with Gasteiger partial charge in [0.25, 0.3) is 0 Å². The van der Waals surface area contributed by atoms with Gasteiger partial charge < -0.3 is 14.5 Å². The Morgan fingerprint density at radius 2 is 1.88 bits per heavy atom. The molecule has 5 rings (SSSR count). The molecule has 1 unspecified atom stereocenters. The lowest BCUT2D eigenvalue weighted by molar-refractivity contribution is 0.435. The molecule has 0 amide bonds. The van der Waals surface area contributed by atoms with Gasteiger partial charge in [0.05, 0.1) is 22.3 Å². The summed E-state index contributed by atoms with van der Waals surface area (Å²) in [5, 5.41) is 16.6. The molecule has 0 aliphatic heterocycles. The number of rotatable bonds is 6. The molecular weight excluding hydrogens is 466 g/mol. The Labute approximate surface area is 190 Å². The average molecular weight is 484 g/mol. The summed E-state index contributed by atoms with van der Waals surface area (Å²) >= 11 is 1.24. The SMILES string of the molecule is CS(=O)(=O)C(c1nnc(Cc2[nH]c(=O)[nH]c2O)o1)c1nc2ccc(-c3ccccc3)cc2s1. The second-order valence-corrected chi connectivity index (χ2v) is 10.6. The zero-order valence-corrected chi connectivity index (χ0v) is 18.8. The summed E-state index contributed by atoms with van der Waals surface area (Å²) < 4.78 is 31.8. The Kier molecular flexibility index (Phi) is 5.10. The van der Waals surface area contributed by atoms with Crippen LogP contribution in [0.5, 0.6) is 5.88 Å². The highest BCUT2D eigenvalue weighted by molar-refractivity contribution is 7.91. The quantitative estimate of drug-likeness (QED) is 0.333. The third-order valence-electron chi connectivity index (χ3n) is 4.98.